The first-order valence-corrected chi connectivity index (χ1v) is 9.42. The number of amides is 3. The van der Waals surface area contributed by atoms with Gasteiger partial charge in [-0.2, -0.15) is 0 Å². The van der Waals surface area contributed by atoms with Crippen molar-refractivity contribution in [2.45, 2.75) is 65.1 Å². The molecule has 7 N–H and O–H groups in total. The SMILES string of the molecule is CC(C)CC(NC(=O)CNC(=O)C(CCC(=O)O)NC(=O)C(N)C(C)C)C(=O)O. The van der Waals surface area contributed by atoms with Crippen LogP contribution in [0.5, 0.6) is 0 Å². The van der Waals surface area contributed by atoms with Gasteiger partial charge in [-0.15, -0.1) is 0 Å². The number of rotatable bonds is 13. The summed E-state index contributed by atoms with van der Waals surface area (Å²) in [5, 5.41) is 25.0. The highest BCUT2D eigenvalue weighted by Crippen LogP contribution is 2.05. The maximum atomic E-state index is 12.3. The molecule has 29 heavy (non-hydrogen) atoms. The second kappa shape index (κ2) is 12.7. The molecule has 0 heterocycles. The summed E-state index contributed by atoms with van der Waals surface area (Å²) < 4.78 is 0. The average molecular weight is 416 g/mol. The molecule has 3 unspecified atom stereocenters. The first-order valence-electron chi connectivity index (χ1n) is 9.42. The van der Waals surface area contributed by atoms with Crippen molar-refractivity contribution >= 4 is 29.7 Å². The third-order valence-corrected chi connectivity index (χ3v) is 4.06. The summed E-state index contributed by atoms with van der Waals surface area (Å²) in [6.07, 6.45) is -0.346. The Morgan fingerprint density at radius 1 is 0.897 bits per heavy atom. The summed E-state index contributed by atoms with van der Waals surface area (Å²) in [5.74, 6) is -4.59. The maximum absolute atomic E-state index is 12.3. The van der Waals surface area contributed by atoms with Crippen LogP contribution in [0.15, 0.2) is 0 Å². The summed E-state index contributed by atoms with van der Waals surface area (Å²) in [7, 11) is 0. The van der Waals surface area contributed by atoms with Crippen LogP contribution in [0.2, 0.25) is 0 Å². The Morgan fingerprint density at radius 2 is 1.48 bits per heavy atom. The highest BCUT2D eigenvalue weighted by molar-refractivity contribution is 5.92. The zero-order chi connectivity index (χ0) is 22.7. The molecule has 0 saturated carbocycles. The lowest BCUT2D eigenvalue weighted by molar-refractivity contribution is -0.142. The van der Waals surface area contributed by atoms with Gasteiger partial charge in [0.1, 0.15) is 12.1 Å². The predicted octanol–water partition coefficient (Wildman–Crippen LogP) is -0.949. The number of aliphatic carboxylic acids is 2. The fraction of sp³-hybridized carbons (Fsp3) is 0.722. The number of carboxylic acid groups (broad SMARTS) is 2. The van der Waals surface area contributed by atoms with Gasteiger partial charge in [0.25, 0.3) is 0 Å². The Kier molecular flexibility index (Phi) is 11.5. The van der Waals surface area contributed by atoms with E-state index in [1.54, 1.807) is 13.8 Å². The number of carbonyl (C=O) groups is 5. The average Bonchev–Trinajstić information content (AvgIpc) is 2.60. The molecule has 11 heteroatoms. The van der Waals surface area contributed by atoms with Gasteiger partial charge >= 0.3 is 11.9 Å². The van der Waals surface area contributed by atoms with Crippen molar-refractivity contribution in [2.75, 3.05) is 6.54 Å². The van der Waals surface area contributed by atoms with E-state index in [2.05, 4.69) is 16.0 Å². The second-order valence-electron chi connectivity index (χ2n) is 7.57. The molecule has 0 aromatic carbocycles. The Bertz CT molecular complexity index is 607. The first kappa shape index (κ1) is 26.3. The largest absolute Gasteiger partial charge is 0.481 e. The Balaban J connectivity index is 4.89. The van der Waals surface area contributed by atoms with E-state index in [9.17, 15) is 24.0 Å². The molecule has 0 bridgehead atoms. The van der Waals surface area contributed by atoms with Crippen molar-refractivity contribution in [2.24, 2.45) is 17.6 Å². The molecule has 0 saturated heterocycles. The lowest BCUT2D eigenvalue weighted by atomic mass is 10.0. The summed E-state index contributed by atoms with van der Waals surface area (Å²) in [6, 6.07) is -3.17. The Morgan fingerprint density at radius 3 is 1.93 bits per heavy atom. The second-order valence-corrected chi connectivity index (χ2v) is 7.57. The van der Waals surface area contributed by atoms with Crippen LogP contribution in [0.4, 0.5) is 0 Å². The molecule has 0 aromatic heterocycles. The maximum Gasteiger partial charge on any atom is 0.326 e. The summed E-state index contributed by atoms with van der Waals surface area (Å²) in [4.78, 5) is 58.4. The number of nitrogens with one attached hydrogen (secondary N) is 3. The van der Waals surface area contributed by atoms with Crippen LogP contribution in [0, 0.1) is 11.8 Å². The normalized spacial score (nSPS) is 14.0. The molecule has 0 fully saturated rings. The van der Waals surface area contributed by atoms with E-state index in [-0.39, 0.29) is 31.1 Å². The monoisotopic (exact) mass is 416 g/mol. The summed E-state index contributed by atoms with van der Waals surface area (Å²) in [6.45, 7) is 6.53. The van der Waals surface area contributed by atoms with E-state index in [1.807, 2.05) is 13.8 Å². The van der Waals surface area contributed by atoms with Crippen molar-refractivity contribution < 1.29 is 34.2 Å². The molecule has 3 atom stereocenters. The predicted molar refractivity (Wildman–Crippen MR) is 104 cm³/mol. The van der Waals surface area contributed by atoms with Crippen molar-refractivity contribution in [1.82, 2.24) is 16.0 Å². The number of hydrogen-bond donors (Lipinski definition) is 6. The van der Waals surface area contributed by atoms with Gasteiger partial charge < -0.3 is 31.9 Å². The van der Waals surface area contributed by atoms with Crippen LogP contribution < -0.4 is 21.7 Å². The van der Waals surface area contributed by atoms with Crippen LogP contribution in [0.1, 0.15) is 47.0 Å². The van der Waals surface area contributed by atoms with Crippen molar-refractivity contribution in [3.05, 3.63) is 0 Å². The summed E-state index contributed by atoms with van der Waals surface area (Å²) >= 11 is 0. The molecule has 0 aliphatic rings. The minimum atomic E-state index is -1.19. The van der Waals surface area contributed by atoms with Crippen LogP contribution in [0.25, 0.3) is 0 Å². The molecule has 11 nitrogen and oxygen atoms in total. The van der Waals surface area contributed by atoms with E-state index < -0.39 is 54.3 Å². The smallest absolute Gasteiger partial charge is 0.326 e. The van der Waals surface area contributed by atoms with E-state index in [0.29, 0.717) is 0 Å². The lowest BCUT2D eigenvalue weighted by Gasteiger charge is -2.22. The van der Waals surface area contributed by atoms with E-state index in [4.69, 9.17) is 15.9 Å². The Hall–Kier alpha value is -2.69. The highest BCUT2D eigenvalue weighted by Gasteiger charge is 2.27. The highest BCUT2D eigenvalue weighted by atomic mass is 16.4. The van der Waals surface area contributed by atoms with Gasteiger partial charge in [0.05, 0.1) is 12.6 Å². The fourth-order valence-electron chi connectivity index (χ4n) is 2.34. The third-order valence-electron chi connectivity index (χ3n) is 4.06. The van der Waals surface area contributed by atoms with Crippen molar-refractivity contribution in [1.29, 1.82) is 0 Å². The lowest BCUT2D eigenvalue weighted by Crippen LogP contribution is -2.54. The van der Waals surface area contributed by atoms with Crippen molar-refractivity contribution in [3.8, 4) is 0 Å². The van der Waals surface area contributed by atoms with Gasteiger partial charge in [-0.1, -0.05) is 27.7 Å². The van der Waals surface area contributed by atoms with E-state index in [0.717, 1.165) is 0 Å². The van der Waals surface area contributed by atoms with Crippen LogP contribution in [-0.2, 0) is 24.0 Å². The third kappa shape index (κ3) is 11.0. The minimum Gasteiger partial charge on any atom is -0.481 e. The molecular formula is C18H32N4O7. The molecule has 0 rings (SSSR count). The fourth-order valence-corrected chi connectivity index (χ4v) is 2.34. The molecule has 0 aromatic rings. The van der Waals surface area contributed by atoms with Gasteiger partial charge in [-0.25, -0.2) is 4.79 Å². The Labute approximate surface area is 169 Å². The van der Waals surface area contributed by atoms with E-state index >= 15 is 0 Å². The van der Waals surface area contributed by atoms with Gasteiger partial charge in [0.15, 0.2) is 0 Å². The van der Waals surface area contributed by atoms with Gasteiger partial charge in [-0.05, 0) is 24.7 Å². The molecule has 3 amide bonds. The number of hydrogen-bond acceptors (Lipinski definition) is 6. The molecule has 0 aliphatic heterocycles. The van der Waals surface area contributed by atoms with Crippen LogP contribution in [-0.4, -0.2) is 64.5 Å². The topological polar surface area (TPSA) is 188 Å². The van der Waals surface area contributed by atoms with Gasteiger partial charge in [0.2, 0.25) is 17.7 Å². The van der Waals surface area contributed by atoms with E-state index in [1.165, 1.54) is 0 Å². The molecular weight excluding hydrogens is 384 g/mol. The number of carbonyl (C=O) groups excluding carboxylic acids is 3. The molecule has 0 aliphatic carbocycles. The molecule has 0 radical (unpaired) electrons. The number of carboxylic acids is 2. The number of nitrogens with two attached hydrogens (primary N) is 1. The molecule has 0 spiro atoms. The van der Waals surface area contributed by atoms with Gasteiger partial charge in [-0.3, -0.25) is 19.2 Å². The van der Waals surface area contributed by atoms with Crippen LogP contribution in [0.3, 0.4) is 0 Å². The van der Waals surface area contributed by atoms with Gasteiger partial charge in [0, 0.05) is 6.42 Å². The quantitative estimate of drug-likeness (QED) is 0.221. The summed E-state index contributed by atoms with van der Waals surface area (Å²) in [5.41, 5.74) is 5.73. The minimum absolute atomic E-state index is 0.0340. The van der Waals surface area contributed by atoms with Crippen molar-refractivity contribution in [3.63, 3.8) is 0 Å². The standard InChI is InChI=1S/C18H32N4O7/c1-9(2)7-12(18(28)29)21-13(23)8-20-16(26)11(5-6-14(24)25)22-17(27)15(19)10(3)4/h9-12,15H,5-8,19H2,1-4H3,(H,20,26)(H,21,23)(H,22,27)(H,24,25)(H,28,29). The molecule has 166 valence electrons. The van der Waals surface area contributed by atoms with Crippen LogP contribution >= 0.6 is 0 Å². The first-order chi connectivity index (χ1) is 13.3. The zero-order valence-electron chi connectivity index (χ0n) is 17.2. The zero-order valence-corrected chi connectivity index (χ0v) is 17.2.